The highest BCUT2D eigenvalue weighted by Gasteiger charge is 2.56. The van der Waals surface area contributed by atoms with Crippen molar-refractivity contribution < 1.29 is 14.3 Å². The Morgan fingerprint density at radius 2 is 1.95 bits per heavy atom. The first-order valence-electron chi connectivity index (χ1n) is 6.37. The molecule has 0 amide bonds. The summed E-state index contributed by atoms with van der Waals surface area (Å²) >= 11 is 0. The van der Waals surface area contributed by atoms with E-state index < -0.39 is 11.4 Å². The number of hydrogen-bond acceptors (Lipinski definition) is 3. The summed E-state index contributed by atoms with van der Waals surface area (Å²) < 4.78 is 4.90. The first-order chi connectivity index (χ1) is 9.05. The number of ether oxygens (including phenoxy) is 1. The Hall–Kier alpha value is -1.90. The standard InChI is InChI=1S/C16H18O3/c1-11-9-10-14(13-7-5-4-6-8-13)16(11,12(2)17)15(18)19-3/h4-8,14H,1,9-10H2,2-3H3/t14-,16+/m0/s1. The lowest BCUT2D eigenvalue weighted by Crippen LogP contribution is -2.42. The minimum Gasteiger partial charge on any atom is -0.468 e. The molecule has 3 nitrogen and oxygen atoms in total. The third kappa shape index (κ3) is 1.89. The molecule has 1 aliphatic carbocycles. The third-order valence-electron chi connectivity index (χ3n) is 4.08. The van der Waals surface area contributed by atoms with Crippen molar-refractivity contribution in [3.63, 3.8) is 0 Å². The fourth-order valence-electron chi connectivity index (χ4n) is 3.17. The van der Waals surface area contributed by atoms with Crippen LogP contribution in [-0.2, 0) is 14.3 Å². The van der Waals surface area contributed by atoms with Gasteiger partial charge in [0.05, 0.1) is 7.11 Å². The second kappa shape index (κ2) is 5.00. The molecule has 0 N–H and O–H groups in total. The van der Waals surface area contributed by atoms with Crippen molar-refractivity contribution in [3.8, 4) is 0 Å². The van der Waals surface area contributed by atoms with Gasteiger partial charge in [0.25, 0.3) is 0 Å². The lowest BCUT2D eigenvalue weighted by molar-refractivity contribution is -0.155. The first kappa shape index (κ1) is 13.5. The smallest absolute Gasteiger partial charge is 0.324 e. The van der Waals surface area contributed by atoms with Crippen molar-refractivity contribution in [1.82, 2.24) is 0 Å². The maximum Gasteiger partial charge on any atom is 0.324 e. The molecule has 0 heterocycles. The predicted octanol–water partition coefficient (Wildman–Crippen LogP) is 2.87. The van der Waals surface area contributed by atoms with Crippen LogP contribution in [0.3, 0.4) is 0 Å². The summed E-state index contributed by atoms with van der Waals surface area (Å²) in [5.41, 5.74) is 0.443. The molecular formula is C16H18O3. The van der Waals surface area contributed by atoms with Gasteiger partial charge in [-0.3, -0.25) is 9.59 Å². The van der Waals surface area contributed by atoms with Crippen LogP contribution in [0.2, 0.25) is 0 Å². The average Bonchev–Trinajstić information content (AvgIpc) is 2.77. The molecule has 19 heavy (non-hydrogen) atoms. The average molecular weight is 258 g/mol. The second-order valence-corrected chi connectivity index (χ2v) is 4.96. The molecule has 0 aromatic heterocycles. The van der Waals surface area contributed by atoms with Crippen molar-refractivity contribution in [2.45, 2.75) is 25.7 Å². The zero-order valence-electron chi connectivity index (χ0n) is 11.3. The molecule has 0 unspecified atom stereocenters. The highest BCUT2D eigenvalue weighted by molar-refractivity contribution is 6.07. The molecule has 0 saturated heterocycles. The van der Waals surface area contributed by atoms with E-state index in [1.54, 1.807) is 0 Å². The Bertz CT molecular complexity index is 518. The summed E-state index contributed by atoms with van der Waals surface area (Å²) in [4.78, 5) is 24.5. The summed E-state index contributed by atoms with van der Waals surface area (Å²) in [5.74, 6) is -0.849. The van der Waals surface area contributed by atoms with Gasteiger partial charge in [-0.05, 0) is 25.3 Å². The fourth-order valence-corrected chi connectivity index (χ4v) is 3.17. The van der Waals surface area contributed by atoms with Gasteiger partial charge < -0.3 is 4.74 Å². The highest BCUT2D eigenvalue weighted by Crippen LogP contribution is 2.53. The number of hydrogen-bond donors (Lipinski definition) is 0. The number of benzene rings is 1. The van der Waals surface area contributed by atoms with Crippen molar-refractivity contribution >= 4 is 11.8 Å². The highest BCUT2D eigenvalue weighted by atomic mass is 16.5. The Balaban J connectivity index is 2.57. The zero-order chi connectivity index (χ0) is 14.0. The van der Waals surface area contributed by atoms with Gasteiger partial charge in [-0.2, -0.15) is 0 Å². The number of carbonyl (C=O) groups excluding carboxylic acids is 2. The van der Waals surface area contributed by atoms with Crippen LogP contribution >= 0.6 is 0 Å². The molecule has 0 radical (unpaired) electrons. The monoisotopic (exact) mass is 258 g/mol. The summed E-state index contributed by atoms with van der Waals surface area (Å²) in [6.45, 7) is 5.40. The van der Waals surface area contributed by atoms with E-state index in [9.17, 15) is 9.59 Å². The minimum absolute atomic E-state index is 0.175. The molecule has 0 aliphatic heterocycles. The zero-order valence-corrected chi connectivity index (χ0v) is 11.3. The van der Waals surface area contributed by atoms with Crippen LogP contribution < -0.4 is 0 Å². The van der Waals surface area contributed by atoms with Crippen LogP contribution in [0.1, 0.15) is 31.2 Å². The molecule has 0 spiro atoms. The van der Waals surface area contributed by atoms with Crippen LogP contribution in [-0.4, -0.2) is 18.9 Å². The molecule has 2 atom stereocenters. The van der Waals surface area contributed by atoms with Gasteiger partial charge in [0.2, 0.25) is 0 Å². The molecule has 1 aromatic carbocycles. The fraction of sp³-hybridized carbons (Fsp3) is 0.375. The number of esters is 1. The molecule has 0 bridgehead atoms. The normalized spacial score (nSPS) is 26.2. The molecule has 100 valence electrons. The molecule has 1 aromatic rings. The van der Waals surface area contributed by atoms with E-state index in [1.165, 1.54) is 14.0 Å². The number of Topliss-reactive ketones (excluding diaryl/α,β-unsaturated/α-hetero) is 1. The summed E-state index contributed by atoms with van der Waals surface area (Å²) in [7, 11) is 1.32. The number of ketones is 1. The van der Waals surface area contributed by atoms with Crippen molar-refractivity contribution in [3.05, 3.63) is 48.0 Å². The van der Waals surface area contributed by atoms with Crippen LogP contribution in [0.25, 0.3) is 0 Å². The van der Waals surface area contributed by atoms with Gasteiger partial charge in [-0.25, -0.2) is 0 Å². The van der Waals surface area contributed by atoms with Gasteiger partial charge >= 0.3 is 5.97 Å². The van der Waals surface area contributed by atoms with E-state index in [4.69, 9.17) is 4.74 Å². The number of methoxy groups -OCH3 is 1. The first-order valence-corrected chi connectivity index (χ1v) is 6.37. The van der Waals surface area contributed by atoms with Gasteiger partial charge in [0.1, 0.15) is 0 Å². The van der Waals surface area contributed by atoms with E-state index in [2.05, 4.69) is 6.58 Å². The number of carbonyl (C=O) groups is 2. The van der Waals surface area contributed by atoms with Crippen LogP contribution in [0.15, 0.2) is 42.5 Å². The largest absolute Gasteiger partial charge is 0.468 e. The van der Waals surface area contributed by atoms with Gasteiger partial charge in [-0.15, -0.1) is 0 Å². The van der Waals surface area contributed by atoms with Gasteiger partial charge in [-0.1, -0.05) is 42.5 Å². The van der Waals surface area contributed by atoms with Gasteiger partial charge in [0, 0.05) is 5.92 Å². The molecule has 1 saturated carbocycles. The lowest BCUT2D eigenvalue weighted by Gasteiger charge is -2.31. The SMILES string of the molecule is C=C1CC[C@@H](c2ccccc2)[C@@]1(C(C)=O)C(=O)OC. The Morgan fingerprint density at radius 3 is 2.47 bits per heavy atom. The van der Waals surface area contributed by atoms with Crippen molar-refractivity contribution in [2.75, 3.05) is 7.11 Å². The Labute approximate surface area is 113 Å². The van der Waals surface area contributed by atoms with E-state index in [1.807, 2.05) is 30.3 Å². The Kier molecular flexibility index (Phi) is 3.56. The predicted molar refractivity (Wildman–Crippen MR) is 72.7 cm³/mol. The molecular weight excluding hydrogens is 240 g/mol. The van der Waals surface area contributed by atoms with E-state index in [0.29, 0.717) is 12.0 Å². The molecule has 1 aliphatic rings. The maximum absolute atomic E-state index is 12.3. The summed E-state index contributed by atoms with van der Waals surface area (Å²) in [5, 5.41) is 0. The maximum atomic E-state index is 12.3. The summed E-state index contributed by atoms with van der Waals surface area (Å²) in [6.07, 6.45) is 1.42. The van der Waals surface area contributed by atoms with Crippen LogP contribution in [0, 0.1) is 5.41 Å². The van der Waals surface area contributed by atoms with Crippen LogP contribution in [0.4, 0.5) is 0 Å². The van der Waals surface area contributed by atoms with Gasteiger partial charge in [0.15, 0.2) is 11.2 Å². The van der Waals surface area contributed by atoms with Crippen LogP contribution in [0.5, 0.6) is 0 Å². The molecule has 3 heteroatoms. The van der Waals surface area contributed by atoms with Crippen molar-refractivity contribution in [1.29, 1.82) is 0 Å². The Morgan fingerprint density at radius 1 is 1.32 bits per heavy atom. The van der Waals surface area contributed by atoms with E-state index in [0.717, 1.165) is 12.0 Å². The number of rotatable bonds is 3. The third-order valence-corrected chi connectivity index (χ3v) is 4.08. The summed E-state index contributed by atoms with van der Waals surface area (Å²) in [6, 6.07) is 9.64. The molecule has 2 rings (SSSR count). The molecule has 1 fully saturated rings. The topological polar surface area (TPSA) is 43.4 Å². The quantitative estimate of drug-likeness (QED) is 0.475. The van der Waals surface area contributed by atoms with E-state index in [-0.39, 0.29) is 11.7 Å². The lowest BCUT2D eigenvalue weighted by atomic mass is 9.70. The van der Waals surface area contributed by atoms with Crippen molar-refractivity contribution in [2.24, 2.45) is 5.41 Å². The minimum atomic E-state index is -1.21. The van der Waals surface area contributed by atoms with E-state index >= 15 is 0 Å². The second-order valence-electron chi connectivity index (χ2n) is 4.96.